The first-order valence-corrected chi connectivity index (χ1v) is 8.45. The number of carbonyl (C=O) groups is 2. The fourth-order valence-electron chi connectivity index (χ4n) is 2.66. The zero-order chi connectivity index (χ0) is 17.5. The van der Waals surface area contributed by atoms with E-state index in [1.165, 1.54) is 0 Å². The molecule has 1 fully saturated rings. The number of benzene rings is 1. The van der Waals surface area contributed by atoms with Crippen molar-refractivity contribution in [3.63, 3.8) is 0 Å². The van der Waals surface area contributed by atoms with Crippen molar-refractivity contribution in [2.75, 3.05) is 19.6 Å². The lowest BCUT2D eigenvalue weighted by molar-refractivity contribution is -0.123. The molecule has 1 aromatic heterocycles. The highest BCUT2D eigenvalue weighted by Crippen LogP contribution is 2.06. The number of rotatable bonds is 7. The number of carbonyl (C=O) groups excluding carboxylic acids is 2. The largest absolute Gasteiger partial charge is 0.354 e. The molecule has 1 aromatic carbocycles. The first-order valence-electron chi connectivity index (χ1n) is 8.45. The van der Waals surface area contributed by atoms with Crippen molar-refractivity contribution in [3.8, 4) is 0 Å². The maximum Gasteiger partial charge on any atom is 0.251 e. The minimum absolute atomic E-state index is 0. The van der Waals surface area contributed by atoms with Gasteiger partial charge in [-0.15, -0.1) is 24.8 Å². The van der Waals surface area contributed by atoms with Gasteiger partial charge in [0.05, 0.1) is 0 Å². The molecule has 2 aromatic rings. The summed E-state index contributed by atoms with van der Waals surface area (Å²) >= 11 is 0. The Kier molecular flexibility index (Phi) is 9.78. The Hall–Kier alpha value is -2.15. The van der Waals surface area contributed by atoms with Crippen molar-refractivity contribution in [1.29, 1.82) is 0 Å². The van der Waals surface area contributed by atoms with Gasteiger partial charge in [-0.1, -0.05) is 24.3 Å². The molecule has 2 heterocycles. The molecule has 3 rings (SSSR count). The van der Waals surface area contributed by atoms with Crippen LogP contribution < -0.4 is 16.0 Å². The molecule has 0 bridgehead atoms. The summed E-state index contributed by atoms with van der Waals surface area (Å²) in [5.74, 6) is 0.0443. The molecule has 27 heavy (non-hydrogen) atoms. The van der Waals surface area contributed by atoms with E-state index in [9.17, 15) is 9.59 Å². The number of aromatic nitrogens is 1. The molecule has 1 atom stereocenters. The third-order valence-electron chi connectivity index (χ3n) is 4.25. The van der Waals surface area contributed by atoms with Gasteiger partial charge in [0.1, 0.15) is 6.04 Å². The Labute approximate surface area is 171 Å². The molecule has 146 valence electrons. The number of hydrogen-bond acceptors (Lipinski definition) is 4. The number of hydrogen-bond donors (Lipinski definition) is 3. The van der Waals surface area contributed by atoms with Crippen LogP contribution in [0.25, 0.3) is 0 Å². The topological polar surface area (TPSA) is 83.1 Å². The molecular weight excluding hydrogens is 387 g/mol. The molecule has 0 saturated carbocycles. The van der Waals surface area contributed by atoms with Crippen LogP contribution in [0.15, 0.2) is 54.9 Å². The molecule has 1 aliphatic heterocycles. The van der Waals surface area contributed by atoms with E-state index in [4.69, 9.17) is 0 Å². The summed E-state index contributed by atoms with van der Waals surface area (Å²) in [6.45, 7) is 2.46. The van der Waals surface area contributed by atoms with Crippen LogP contribution in [0.2, 0.25) is 0 Å². The quantitative estimate of drug-likeness (QED) is 0.647. The summed E-state index contributed by atoms with van der Waals surface area (Å²) < 4.78 is 0. The minimum atomic E-state index is -0.634. The first kappa shape index (κ1) is 22.9. The summed E-state index contributed by atoms with van der Waals surface area (Å²) in [6, 6.07) is 12.0. The zero-order valence-corrected chi connectivity index (χ0v) is 16.4. The first-order chi connectivity index (χ1) is 12.2. The summed E-state index contributed by atoms with van der Waals surface area (Å²) in [4.78, 5) is 29.1. The summed E-state index contributed by atoms with van der Waals surface area (Å²) in [5.41, 5.74) is 1.44. The third-order valence-corrected chi connectivity index (χ3v) is 4.25. The lowest BCUT2D eigenvalue weighted by atomic mass is 10.0. The van der Waals surface area contributed by atoms with Crippen LogP contribution in [0, 0.1) is 5.92 Å². The van der Waals surface area contributed by atoms with Gasteiger partial charge in [-0.2, -0.15) is 0 Å². The second-order valence-corrected chi connectivity index (χ2v) is 6.23. The maximum atomic E-state index is 12.6. The Bertz CT molecular complexity index is 712. The zero-order valence-electron chi connectivity index (χ0n) is 14.8. The molecule has 2 amide bonds. The van der Waals surface area contributed by atoms with E-state index in [2.05, 4.69) is 20.9 Å². The summed E-state index contributed by atoms with van der Waals surface area (Å²) in [5, 5.41) is 8.97. The molecule has 0 spiro atoms. The highest BCUT2D eigenvalue weighted by atomic mass is 35.5. The molecule has 1 saturated heterocycles. The van der Waals surface area contributed by atoms with E-state index < -0.39 is 6.04 Å². The SMILES string of the molecule is Cl.Cl.O=C(NC(Cc1cccnc1)C(=O)NCC1CNC1)c1ccccc1. The van der Waals surface area contributed by atoms with Gasteiger partial charge in [0.15, 0.2) is 0 Å². The number of pyridine rings is 1. The van der Waals surface area contributed by atoms with Crippen LogP contribution in [0.1, 0.15) is 15.9 Å². The normalized spacial score (nSPS) is 13.9. The molecule has 0 aliphatic carbocycles. The van der Waals surface area contributed by atoms with Crippen LogP contribution in [0.3, 0.4) is 0 Å². The average Bonchev–Trinajstić information content (AvgIpc) is 2.61. The second-order valence-electron chi connectivity index (χ2n) is 6.23. The molecule has 1 unspecified atom stereocenters. The fourth-order valence-corrected chi connectivity index (χ4v) is 2.66. The molecular formula is C19H24Cl2N4O2. The van der Waals surface area contributed by atoms with Gasteiger partial charge in [-0.05, 0) is 23.8 Å². The average molecular weight is 411 g/mol. The van der Waals surface area contributed by atoms with Gasteiger partial charge in [0, 0.05) is 49.9 Å². The van der Waals surface area contributed by atoms with Crippen LogP contribution in [0.5, 0.6) is 0 Å². The van der Waals surface area contributed by atoms with E-state index in [1.54, 1.807) is 36.7 Å². The Morgan fingerprint density at radius 1 is 1.11 bits per heavy atom. The molecule has 1 aliphatic rings. The monoisotopic (exact) mass is 410 g/mol. The lowest BCUT2D eigenvalue weighted by Crippen LogP contribution is -2.53. The maximum absolute atomic E-state index is 12.6. The molecule has 6 nitrogen and oxygen atoms in total. The van der Waals surface area contributed by atoms with E-state index in [0.717, 1.165) is 18.7 Å². The highest BCUT2D eigenvalue weighted by Gasteiger charge is 2.24. The Morgan fingerprint density at radius 2 is 1.85 bits per heavy atom. The molecule has 3 N–H and O–H groups in total. The number of amides is 2. The number of nitrogens with zero attached hydrogens (tertiary/aromatic N) is 1. The van der Waals surface area contributed by atoms with E-state index in [0.29, 0.717) is 24.4 Å². The Morgan fingerprint density at radius 3 is 2.44 bits per heavy atom. The van der Waals surface area contributed by atoms with Crippen LogP contribution in [0.4, 0.5) is 0 Å². The standard InChI is InChI=1S/C19H22N4O2.2ClH/c24-18(16-6-2-1-3-7-16)23-17(9-14-5-4-8-20-10-14)19(25)22-13-15-11-21-12-15;;/h1-8,10,15,17,21H,9,11-13H2,(H,22,25)(H,23,24);2*1H. The van der Waals surface area contributed by atoms with Crippen molar-refractivity contribution in [2.24, 2.45) is 5.92 Å². The van der Waals surface area contributed by atoms with Crippen molar-refractivity contribution in [3.05, 3.63) is 66.0 Å². The lowest BCUT2D eigenvalue weighted by Gasteiger charge is -2.28. The van der Waals surface area contributed by atoms with Crippen LogP contribution >= 0.6 is 24.8 Å². The number of halogens is 2. The molecule has 0 radical (unpaired) electrons. The highest BCUT2D eigenvalue weighted by molar-refractivity contribution is 5.97. The van der Waals surface area contributed by atoms with E-state index in [1.807, 2.05) is 18.2 Å². The fraction of sp³-hybridized carbons (Fsp3) is 0.316. The van der Waals surface area contributed by atoms with Crippen LogP contribution in [-0.4, -0.2) is 42.5 Å². The second kappa shape index (κ2) is 11.5. The predicted molar refractivity (Wildman–Crippen MR) is 110 cm³/mol. The van der Waals surface area contributed by atoms with Crippen molar-refractivity contribution in [1.82, 2.24) is 20.9 Å². The van der Waals surface area contributed by atoms with Crippen molar-refractivity contribution in [2.45, 2.75) is 12.5 Å². The number of nitrogens with one attached hydrogen (secondary N) is 3. The van der Waals surface area contributed by atoms with Crippen molar-refractivity contribution >= 4 is 36.6 Å². The van der Waals surface area contributed by atoms with Gasteiger partial charge < -0.3 is 16.0 Å². The third kappa shape index (κ3) is 6.82. The summed E-state index contributed by atoms with van der Waals surface area (Å²) in [7, 11) is 0. The van der Waals surface area contributed by atoms with Gasteiger partial charge in [-0.3, -0.25) is 14.6 Å². The van der Waals surface area contributed by atoms with E-state index in [-0.39, 0.29) is 36.6 Å². The van der Waals surface area contributed by atoms with Crippen LogP contribution in [-0.2, 0) is 11.2 Å². The molecule has 8 heteroatoms. The van der Waals surface area contributed by atoms with Gasteiger partial charge in [0.25, 0.3) is 5.91 Å². The minimum Gasteiger partial charge on any atom is -0.354 e. The van der Waals surface area contributed by atoms with Gasteiger partial charge in [0.2, 0.25) is 5.91 Å². The predicted octanol–water partition coefficient (Wildman–Crippen LogP) is 1.60. The van der Waals surface area contributed by atoms with Gasteiger partial charge in [-0.25, -0.2) is 0 Å². The summed E-state index contributed by atoms with van der Waals surface area (Å²) in [6.07, 6.45) is 3.80. The van der Waals surface area contributed by atoms with E-state index >= 15 is 0 Å². The van der Waals surface area contributed by atoms with Crippen molar-refractivity contribution < 1.29 is 9.59 Å². The Balaban J connectivity index is 0.00000182. The van der Waals surface area contributed by atoms with Gasteiger partial charge >= 0.3 is 0 Å². The smallest absolute Gasteiger partial charge is 0.251 e.